The number of carbonyl (C=O) groups is 1. The first-order chi connectivity index (χ1) is 14.3. The SMILES string of the molecule is Cc1ccc(C2(NC(=O)[C@H]3CCCCN3Cc3ccc(C(F)(F)F)cc3)CC2)cc1. The summed E-state index contributed by atoms with van der Waals surface area (Å²) in [6.45, 7) is 3.30. The molecule has 1 N–H and O–H groups in total. The molecule has 1 aliphatic carbocycles. The number of alkyl halides is 3. The highest BCUT2D eigenvalue weighted by atomic mass is 19.4. The maximum absolute atomic E-state index is 13.2. The molecule has 3 nitrogen and oxygen atoms in total. The molecule has 30 heavy (non-hydrogen) atoms. The molecule has 2 aromatic carbocycles. The van der Waals surface area contributed by atoms with E-state index in [0.29, 0.717) is 6.54 Å². The lowest BCUT2D eigenvalue weighted by molar-refractivity contribution is -0.137. The molecule has 1 saturated carbocycles. The summed E-state index contributed by atoms with van der Waals surface area (Å²) in [4.78, 5) is 15.3. The summed E-state index contributed by atoms with van der Waals surface area (Å²) in [5.41, 5.74) is 2.22. The van der Waals surface area contributed by atoms with Crippen molar-refractivity contribution in [3.63, 3.8) is 0 Å². The summed E-state index contributed by atoms with van der Waals surface area (Å²) in [6, 6.07) is 13.3. The van der Waals surface area contributed by atoms with Crippen molar-refractivity contribution >= 4 is 5.91 Å². The Labute approximate surface area is 175 Å². The van der Waals surface area contributed by atoms with Crippen LogP contribution in [0.25, 0.3) is 0 Å². The Balaban J connectivity index is 1.44. The van der Waals surface area contributed by atoms with Gasteiger partial charge in [-0.1, -0.05) is 48.4 Å². The Morgan fingerprint density at radius 3 is 2.33 bits per heavy atom. The third-order valence-corrected chi connectivity index (χ3v) is 6.30. The van der Waals surface area contributed by atoms with E-state index in [1.807, 2.05) is 6.92 Å². The number of hydrogen-bond donors (Lipinski definition) is 1. The van der Waals surface area contributed by atoms with Crippen LogP contribution in [-0.4, -0.2) is 23.4 Å². The molecule has 1 heterocycles. The van der Waals surface area contributed by atoms with Gasteiger partial charge < -0.3 is 5.32 Å². The lowest BCUT2D eigenvalue weighted by atomic mass is 9.98. The minimum atomic E-state index is -4.33. The Morgan fingerprint density at radius 1 is 1.07 bits per heavy atom. The second kappa shape index (κ2) is 8.06. The molecule has 2 fully saturated rings. The molecule has 0 aromatic heterocycles. The highest BCUT2D eigenvalue weighted by Gasteiger charge is 2.47. The second-order valence-electron chi connectivity index (χ2n) is 8.61. The molecule has 6 heteroatoms. The van der Waals surface area contributed by atoms with Crippen LogP contribution in [0.2, 0.25) is 0 Å². The fourth-order valence-electron chi connectivity index (χ4n) is 4.31. The molecule has 1 saturated heterocycles. The summed E-state index contributed by atoms with van der Waals surface area (Å²) >= 11 is 0. The first-order valence-corrected chi connectivity index (χ1v) is 10.6. The zero-order valence-electron chi connectivity index (χ0n) is 17.1. The number of amides is 1. The van der Waals surface area contributed by atoms with Gasteiger partial charge in [-0.05, 0) is 62.4 Å². The average Bonchev–Trinajstić information content (AvgIpc) is 3.49. The summed E-state index contributed by atoms with van der Waals surface area (Å²) in [6.07, 6.45) is 0.296. The van der Waals surface area contributed by atoms with E-state index >= 15 is 0 Å². The number of aryl methyl sites for hydroxylation is 1. The van der Waals surface area contributed by atoms with Crippen LogP contribution in [0.4, 0.5) is 13.2 Å². The molecule has 0 bridgehead atoms. The molecule has 0 unspecified atom stereocenters. The minimum absolute atomic E-state index is 0.0275. The van der Waals surface area contributed by atoms with Crippen LogP contribution in [0, 0.1) is 6.92 Å². The monoisotopic (exact) mass is 416 g/mol. The van der Waals surface area contributed by atoms with E-state index in [1.54, 1.807) is 0 Å². The molecular weight excluding hydrogens is 389 g/mol. The van der Waals surface area contributed by atoms with E-state index < -0.39 is 11.7 Å². The predicted octanol–water partition coefficient (Wildman–Crippen LogP) is 5.17. The van der Waals surface area contributed by atoms with Gasteiger partial charge in [0.1, 0.15) is 0 Å². The van der Waals surface area contributed by atoms with Gasteiger partial charge in [-0.15, -0.1) is 0 Å². The van der Waals surface area contributed by atoms with E-state index in [0.717, 1.165) is 61.9 Å². The normalized spacial score (nSPS) is 21.3. The van der Waals surface area contributed by atoms with Gasteiger partial charge in [-0.25, -0.2) is 0 Å². The number of carbonyl (C=O) groups excluding carboxylic acids is 1. The highest BCUT2D eigenvalue weighted by molar-refractivity contribution is 5.83. The Morgan fingerprint density at radius 2 is 1.73 bits per heavy atom. The minimum Gasteiger partial charge on any atom is -0.345 e. The predicted molar refractivity (Wildman–Crippen MR) is 110 cm³/mol. The number of piperidine rings is 1. The average molecular weight is 416 g/mol. The number of halogens is 3. The smallest absolute Gasteiger partial charge is 0.345 e. The van der Waals surface area contributed by atoms with Gasteiger partial charge in [0.2, 0.25) is 5.91 Å². The van der Waals surface area contributed by atoms with Gasteiger partial charge in [0.05, 0.1) is 17.1 Å². The fraction of sp³-hybridized carbons (Fsp3) is 0.458. The van der Waals surface area contributed by atoms with Gasteiger partial charge >= 0.3 is 6.18 Å². The zero-order valence-corrected chi connectivity index (χ0v) is 17.1. The van der Waals surface area contributed by atoms with Crippen molar-refractivity contribution in [3.8, 4) is 0 Å². The molecule has 1 aliphatic heterocycles. The third kappa shape index (κ3) is 4.53. The van der Waals surface area contributed by atoms with Gasteiger partial charge in [-0.2, -0.15) is 13.2 Å². The van der Waals surface area contributed by atoms with Crippen LogP contribution in [0.15, 0.2) is 48.5 Å². The number of rotatable bonds is 5. The molecule has 1 atom stereocenters. The van der Waals surface area contributed by atoms with E-state index in [4.69, 9.17) is 0 Å². The van der Waals surface area contributed by atoms with Crippen molar-refractivity contribution in [1.29, 1.82) is 0 Å². The van der Waals surface area contributed by atoms with E-state index in [9.17, 15) is 18.0 Å². The van der Waals surface area contributed by atoms with Gasteiger partial charge in [0.25, 0.3) is 0 Å². The number of benzene rings is 2. The summed E-state index contributed by atoms with van der Waals surface area (Å²) in [5.74, 6) is 0.0275. The van der Waals surface area contributed by atoms with Crippen LogP contribution >= 0.6 is 0 Å². The van der Waals surface area contributed by atoms with E-state index in [-0.39, 0.29) is 17.5 Å². The van der Waals surface area contributed by atoms with Crippen LogP contribution in [0.3, 0.4) is 0 Å². The summed E-state index contributed by atoms with van der Waals surface area (Å²) in [5, 5.41) is 3.29. The number of nitrogens with one attached hydrogen (secondary N) is 1. The molecule has 0 radical (unpaired) electrons. The van der Waals surface area contributed by atoms with Crippen LogP contribution in [0.1, 0.15) is 54.4 Å². The standard InChI is InChI=1S/C24H27F3N2O/c1-17-5-9-19(10-6-17)23(13-14-23)28-22(30)21-4-2-3-15-29(21)16-18-7-11-20(12-8-18)24(25,26)27/h5-12,21H,2-4,13-16H2,1H3,(H,28,30)/t21-/m1/s1. The number of nitrogens with zero attached hydrogens (tertiary/aromatic N) is 1. The molecule has 160 valence electrons. The van der Waals surface area contributed by atoms with Gasteiger partial charge in [-0.3, -0.25) is 9.69 Å². The van der Waals surface area contributed by atoms with Crippen molar-refractivity contribution in [2.24, 2.45) is 0 Å². The third-order valence-electron chi connectivity index (χ3n) is 6.30. The van der Waals surface area contributed by atoms with Gasteiger partial charge in [0, 0.05) is 6.54 Å². The van der Waals surface area contributed by atoms with Crippen molar-refractivity contribution < 1.29 is 18.0 Å². The van der Waals surface area contributed by atoms with Gasteiger partial charge in [0.15, 0.2) is 0 Å². The number of likely N-dealkylation sites (tertiary alicyclic amines) is 1. The first-order valence-electron chi connectivity index (χ1n) is 10.6. The fourth-order valence-corrected chi connectivity index (χ4v) is 4.31. The van der Waals surface area contributed by atoms with Crippen LogP contribution < -0.4 is 5.32 Å². The zero-order chi connectivity index (χ0) is 21.4. The van der Waals surface area contributed by atoms with Crippen LogP contribution in [0.5, 0.6) is 0 Å². The molecule has 2 aromatic rings. The molecular formula is C24H27F3N2O. The first kappa shape index (κ1) is 20.9. The van der Waals surface area contributed by atoms with Crippen molar-refractivity contribution in [2.75, 3.05) is 6.54 Å². The summed E-state index contributed by atoms with van der Waals surface area (Å²) < 4.78 is 38.4. The molecule has 0 spiro atoms. The lowest BCUT2D eigenvalue weighted by Crippen LogP contribution is -2.51. The quantitative estimate of drug-likeness (QED) is 0.729. The van der Waals surface area contributed by atoms with E-state index in [2.05, 4.69) is 34.5 Å². The van der Waals surface area contributed by atoms with Crippen molar-refractivity contribution in [3.05, 3.63) is 70.8 Å². The highest BCUT2D eigenvalue weighted by Crippen LogP contribution is 2.45. The van der Waals surface area contributed by atoms with E-state index in [1.165, 1.54) is 17.7 Å². The van der Waals surface area contributed by atoms with Crippen molar-refractivity contribution in [2.45, 2.75) is 63.3 Å². The molecule has 2 aliphatic rings. The Kier molecular flexibility index (Phi) is 5.62. The maximum atomic E-state index is 13.2. The lowest BCUT2D eigenvalue weighted by Gasteiger charge is -2.36. The maximum Gasteiger partial charge on any atom is 0.416 e. The largest absolute Gasteiger partial charge is 0.416 e. The topological polar surface area (TPSA) is 32.3 Å². The second-order valence-corrected chi connectivity index (χ2v) is 8.61. The molecule has 4 rings (SSSR count). The number of hydrogen-bond acceptors (Lipinski definition) is 2. The summed E-state index contributed by atoms with van der Waals surface area (Å²) in [7, 11) is 0. The Hall–Kier alpha value is -2.34. The van der Waals surface area contributed by atoms with Crippen LogP contribution in [-0.2, 0) is 23.1 Å². The van der Waals surface area contributed by atoms with Crippen molar-refractivity contribution in [1.82, 2.24) is 10.2 Å². The molecule has 1 amide bonds. The Bertz CT molecular complexity index is 886.